The first-order chi connectivity index (χ1) is 17.6. The molecular formula is C25H25ClF3N7S. The number of piperazine rings is 1. The van der Waals surface area contributed by atoms with E-state index < -0.39 is 11.7 Å². The Kier molecular flexibility index (Phi) is 8.13. The molecule has 0 spiro atoms. The van der Waals surface area contributed by atoms with Crippen molar-refractivity contribution in [1.29, 1.82) is 0 Å². The number of halogens is 4. The summed E-state index contributed by atoms with van der Waals surface area (Å²) in [6.45, 7) is 6.44. The molecule has 2 heterocycles. The van der Waals surface area contributed by atoms with E-state index in [1.54, 1.807) is 0 Å². The van der Waals surface area contributed by atoms with Gasteiger partial charge in [0.2, 0.25) is 17.0 Å². The van der Waals surface area contributed by atoms with Crippen LogP contribution in [0.4, 0.5) is 30.5 Å². The van der Waals surface area contributed by atoms with Crippen LogP contribution in [0.25, 0.3) is 0 Å². The van der Waals surface area contributed by atoms with Crippen LogP contribution in [0.1, 0.15) is 17.0 Å². The van der Waals surface area contributed by atoms with Crippen molar-refractivity contribution in [3.8, 4) is 0 Å². The predicted octanol–water partition coefficient (Wildman–Crippen LogP) is 5.75. The second kappa shape index (κ2) is 11.3. The zero-order chi connectivity index (χ0) is 26.6. The number of aliphatic imine (C=N–C) groups is 1. The van der Waals surface area contributed by atoms with E-state index in [0.29, 0.717) is 48.8 Å². The standard InChI is InChI=1S/C25H25ClF3N7S/c1-16-14-17(2)31-22(30-16)33-23(34-24(37)32-20-8-6-18(7-9-20)25(27,28)29)36-12-10-35(11-13-36)21-5-3-4-19(26)15-21/h3-9,14-15H,10-13H2,1-2H3,(H2,30,31,32,33,34,37). The van der Waals surface area contributed by atoms with E-state index >= 15 is 0 Å². The van der Waals surface area contributed by atoms with E-state index in [2.05, 4.69) is 30.5 Å². The molecule has 0 amide bonds. The number of alkyl halides is 3. The van der Waals surface area contributed by atoms with Gasteiger partial charge in [0.25, 0.3) is 0 Å². The summed E-state index contributed by atoms with van der Waals surface area (Å²) in [5, 5.41) is 6.82. The predicted molar refractivity (Wildman–Crippen MR) is 145 cm³/mol. The summed E-state index contributed by atoms with van der Waals surface area (Å²) in [5.41, 5.74) is 2.29. The molecule has 194 valence electrons. The van der Waals surface area contributed by atoms with Crippen LogP contribution in [0, 0.1) is 13.8 Å². The molecule has 0 aliphatic carbocycles. The van der Waals surface area contributed by atoms with Crippen LogP contribution in [0.3, 0.4) is 0 Å². The lowest BCUT2D eigenvalue weighted by molar-refractivity contribution is -0.137. The third kappa shape index (κ3) is 7.30. The molecule has 0 radical (unpaired) electrons. The summed E-state index contributed by atoms with van der Waals surface area (Å²) in [6, 6.07) is 14.2. The number of hydrogen-bond acceptors (Lipinski definition) is 4. The normalized spacial score (nSPS) is 14.5. The van der Waals surface area contributed by atoms with Crippen LogP contribution in [0.15, 0.2) is 59.6 Å². The molecule has 0 bridgehead atoms. The number of guanidine groups is 1. The minimum atomic E-state index is -4.41. The minimum Gasteiger partial charge on any atom is -0.368 e. The fourth-order valence-electron chi connectivity index (χ4n) is 3.90. The Hall–Kier alpha value is -3.44. The Labute approximate surface area is 223 Å². The molecule has 1 fully saturated rings. The number of nitrogens with one attached hydrogen (secondary N) is 2. The summed E-state index contributed by atoms with van der Waals surface area (Å²) in [6.07, 6.45) is -4.41. The van der Waals surface area contributed by atoms with Crippen molar-refractivity contribution in [2.24, 2.45) is 4.99 Å². The quantitative estimate of drug-likeness (QED) is 0.246. The van der Waals surface area contributed by atoms with Crippen molar-refractivity contribution in [2.45, 2.75) is 20.0 Å². The average Bonchev–Trinajstić information content (AvgIpc) is 2.83. The first-order valence-electron chi connectivity index (χ1n) is 11.5. The third-order valence-corrected chi connectivity index (χ3v) is 6.06. The molecule has 1 aliphatic rings. The lowest BCUT2D eigenvalue weighted by atomic mass is 10.2. The first kappa shape index (κ1) is 26.6. The molecule has 2 N–H and O–H groups in total. The van der Waals surface area contributed by atoms with Gasteiger partial charge in [0, 0.05) is 54.0 Å². The Morgan fingerprint density at radius 1 is 0.946 bits per heavy atom. The van der Waals surface area contributed by atoms with Gasteiger partial charge in [-0.3, -0.25) is 5.32 Å². The summed E-state index contributed by atoms with van der Waals surface area (Å²) in [7, 11) is 0. The minimum absolute atomic E-state index is 0.0869. The van der Waals surface area contributed by atoms with Crippen molar-refractivity contribution in [1.82, 2.24) is 14.9 Å². The lowest BCUT2D eigenvalue weighted by Gasteiger charge is -2.37. The van der Waals surface area contributed by atoms with Crippen LogP contribution in [-0.4, -0.2) is 52.1 Å². The molecule has 37 heavy (non-hydrogen) atoms. The highest BCUT2D eigenvalue weighted by Crippen LogP contribution is 2.30. The molecule has 7 nitrogen and oxygen atoms in total. The average molecular weight is 548 g/mol. The van der Waals surface area contributed by atoms with Gasteiger partial charge < -0.3 is 15.1 Å². The van der Waals surface area contributed by atoms with Crippen LogP contribution in [-0.2, 0) is 6.18 Å². The molecule has 1 saturated heterocycles. The number of aromatic nitrogens is 2. The molecule has 3 aromatic rings. The zero-order valence-corrected chi connectivity index (χ0v) is 21.8. The fraction of sp³-hybridized carbons (Fsp3) is 0.280. The van der Waals surface area contributed by atoms with E-state index in [9.17, 15) is 13.2 Å². The van der Waals surface area contributed by atoms with Crippen molar-refractivity contribution >= 4 is 52.2 Å². The van der Waals surface area contributed by atoms with E-state index in [1.807, 2.05) is 49.1 Å². The van der Waals surface area contributed by atoms with Gasteiger partial charge in [-0.1, -0.05) is 17.7 Å². The second-order valence-corrected chi connectivity index (χ2v) is 9.32. The van der Waals surface area contributed by atoms with Crippen molar-refractivity contribution in [3.05, 3.63) is 76.6 Å². The van der Waals surface area contributed by atoms with Crippen LogP contribution < -0.4 is 15.5 Å². The molecule has 0 atom stereocenters. The van der Waals surface area contributed by atoms with Gasteiger partial charge in [0.1, 0.15) is 0 Å². The van der Waals surface area contributed by atoms with Gasteiger partial charge in [0.05, 0.1) is 5.56 Å². The molecule has 4 rings (SSSR count). The maximum absolute atomic E-state index is 12.9. The van der Waals surface area contributed by atoms with E-state index in [-0.39, 0.29) is 5.11 Å². The number of hydrogen-bond donors (Lipinski definition) is 2. The van der Waals surface area contributed by atoms with E-state index in [1.165, 1.54) is 12.1 Å². The molecular weight excluding hydrogens is 523 g/mol. The van der Waals surface area contributed by atoms with Crippen LogP contribution in [0.5, 0.6) is 0 Å². The smallest absolute Gasteiger partial charge is 0.368 e. The third-order valence-electron chi connectivity index (χ3n) is 5.63. The number of rotatable bonds is 3. The topological polar surface area (TPSA) is 68.7 Å². The Bertz CT molecular complexity index is 1270. The highest BCUT2D eigenvalue weighted by atomic mass is 35.5. The molecule has 0 saturated carbocycles. The van der Waals surface area contributed by atoms with Crippen LogP contribution in [0.2, 0.25) is 5.02 Å². The van der Waals surface area contributed by atoms with Gasteiger partial charge in [-0.2, -0.15) is 18.2 Å². The van der Waals surface area contributed by atoms with Crippen molar-refractivity contribution in [2.75, 3.05) is 41.7 Å². The summed E-state index contributed by atoms with van der Waals surface area (Å²) < 4.78 is 38.6. The van der Waals surface area contributed by atoms with Gasteiger partial charge in [-0.15, -0.1) is 0 Å². The Morgan fingerprint density at radius 2 is 1.59 bits per heavy atom. The van der Waals surface area contributed by atoms with Gasteiger partial charge in [-0.25, -0.2) is 9.97 Å². The van der Waals surface area contributed by atoms with Crippen LogP contribution >= 0.6 is 23.8 Å². The zero-order valence-electron chi connectivity index (χ0n) is 20.2. The molecule has 1 aliphatic heterocycles. The molecule has 0 unspecified atom stereocenters. The number of anilines is 3. The molecule has 2 aromatic carbocycles. The Morgan fingerprint density at radius 3 is 2.19 bits per heavy atom. The van der Waals surface area contributed by atoms with Gasteiger partial charge in [-0.05, 0) is 74.6 Å². The molecule has 1 aromatic heterocycles. The summed E-state index contributed by atoms with van der Waals surface area (Å²) in [4.78, 5) is 17.7. The maximum atomic E-state index is 12.9. The van der Waals surface area contributed by atoms with E-state index in [4.69, 9.17) is 23.8 Å². The van der Waals surface area contributed by atoms with Gasteiger partial charge in [0.15, 0.2) is 0 Å². The number of benzene rings is 2. The largest absolute Gasteiger partial charge is 0.416 e. The first-order valence-corrected chi connectivity index (χ1v) is 12.3. The maximum Gasteiger partial charge on any atom is 0.416 e. The number of thiocarbonyl (C=S) groups is 1. The molecule has 12 heteroatoms. The highest BCUT2D eigenvalue weighted by molar-refractivity contribution is 7.80. The Balaban J connectivity index is 1.52. The SMILES string of the molecule is Cc1cc(C)nc(N/C(=N/C(=S)Nc2ccc(C(F)(F)F)cc2)N2CCN(c3cccc(Cl)c3)CC2)n1. The monoisotopic (exact) mass is 547 g/mol. The lowest BCUT2D eigenvalue weighted by Crippen LogP contribution is -2.51. The van der Waals surface area contributed by atoms with Gasteiger partial charge >= 0.3 is 6.18 Å². The van der Waals surface area contributed by atoms with E-state index in [0.717, 1.165) is 29.2 Å². The van der Waals surface area contributed by atoms with Crippen molar-refractivity contribution in [3.63, 3.8) is 0 Å². The number of nitrogens with zero attached hydrogens (tertiary/aromatic N) is 5. The second-order valence-electron chi connectivity index (χ2n) is 8.49. The fourth-order valence-corrected chi connectivity index (χ4v) is 4.29. The number of aryl methyl sites for hydroxylation is 2. The highest BCUT2D eigenvalue weighted by Gasteiger charge is 2.30. The summed E-state index contributed by atoms with van der Waals surface area (Å²) in [5.74, 6) is 0.825. The van der Waals surface area contributed by atoms with Crippen molar-refractivity contribution < 1.29 is 13.2 Å². The summed E-state index contributed by atoms with van der Waals surface area (Å²) >= 11 is 11.6.